The maximum atomic E-state index is 5.54. The van der Waals surface area contributed by atoms with Gasteiger partial charge in [0.05, 0.1) is 6.61 Å². The maximum Gasteiger partial charge on any atom is 0.191 e. The van der Waals surface area contributed by atoms with Crippen molar-refractivity contribution in [2.45, 2.75) is 12.9 Å². The molecule has 4 heteroatoms. The number of halogens is 1. The highest BCUT2D eigenvalue weighted by molar-refractivity contribution is 9.10. The van der Waals surface area contributed by atoms with Gasteiger partial charge in [-0.1, -0.05) is 15.9 Å². The number of methoxy groups -OCH3 is 1. The molecular formula is C10H11BrO3. The lowest BCUT2D eigenvalue weighted by Gasteiger charge is -2.11. The minimum Gasteiger partial charge on any atom is -0.488 e. The van der Waals surface area contributed by atoms with Gasteiger partial charge in [-0.05, 0) is 18.2 Å². The van der Waals surface area contributed by atoms with Crippen molar-refractivity contribution in [3.05, 3.63) is 28.2 Å². The van der Waals surface area contributed by atoms with Crippen LogP contribution in [0.15, 0.2) is 22.7 Å². The van der Waals surface area contributed by atoms with Gasteiger partial charge >= 0.3 is 0 Å². The monoisotopic (exact) mass is 258 g/mol. The average Bonchev–Trinajstić information content (AvgIpc) is 2.39. The molecule has 0 amide bonds. The molecule has 0 spiro atoms. The average molecular weight is 259 g/mol. The standard InChI is InChI=1S/C10H11BrO3/c1-12-10-6-13-9-3-2-8(11)4-7(9)5-14-10/h2-4,10H,5-6H2,1H3. The van der Waals surface area contributed by atoms with Crippen LogP contribution in [0.2, 0.25) is 0 Å². The molecule has 0 radical (unpaired) electrons. The van der Waals surface area contributed by atoms with Crippen LogP contribution in [0.4, 0.5) is 0 Å². The molecule has 0 saturated heterocycles. The van der Waals surface area contributed by atoms with Gasteiger partial charge in [-0.25, -0.2) is 0 Å². The van der Waals surface area contributed by atoms with Crippen LogP contribution in [0.5, 0.6) is 5.75 Å². The number of benzene rings is 1. The molecule has 1 unspecified atom stereocenters. The normalized spacial score (nSPS) is 20.9. The van der Waals surface area contributed by atoms with Gasteiger partial charge < -0.3 is 14.2 Å². The van der Waals surface area contributed by atoms with E-state index in [0.717, 1.165) is 15.8 Å². The van der Waals surface area contributed by atoms with Crippen LogP contribution in [-0.2, 0) is 16.1 Å². The number of hydrogen-bond acceptors (Lipinski definition) is 3. The summed E-state index contributed by atoms with van der Waals surface area (Å²) in [5.74, 6) is 0.868. The molecule has 0 N–H and O–H groups in total. The number of hydrogen-bond donors (Lipinski definition) is 0. The lowest BCUT2D eigenvalue weighted by molar-refractivity contribution is -0.141. The summed E-state index contributed by atoms with van der Waals surface area (Å²) in [5.41, 5.74) is 1.04. The molecule has 0 fully saturated rings. The van der Waals surface area contributed by atoms with Crippen molar-refractivity contribution in [1.82, 2.24) is 0 Å². The molecule has 0 saturated carbocycles. The molecule has 0 bridgehead atoms. The van der Waals surface area contributed by atoms with Crippen molar-refractivity contribution in [3.8, 4) is 5.75 Å². The van der Waals surface area contributed by atoms with Crippen LogP contribution in [0.25, 0.3) is 0 Å². The van der Waals surface area contributed by atoms with E-state index in [2.05, 4.69) is 15.9 Å². The Balaban J connectivity index is 2.21. The highest BCUT2D eigenvalue weighted by Crippen LogP contribution is 2.26. The van der Waals surface area contributed by atoms with Gasteiger partial charge in [-0.2, -0.15) is 0 Å². The fraction of sp³-hybridized carbons (Fsp3) is 0.400. The Labute approximate surface area is 91.1 Å². The Kier molecular flexibility index (Phi) is 3.05. The van der Waals surface area contributed by atoms with Gasteiger partial charge in [0.25, 0.3) is 0 Å². The molecule has 14 heavy (non-hydrogen) atoms. The van der Waals surface area contributed by atoms with E-state index in [0.29, 0.717) is 13.2 Å². The summed E-state index contributed by atoms with van der Waals surface area (Å²) < 4.78 is 17.1. The molecule has 1 aromatic carbocycles. The summed E-state index contributed by atoms with van der Waals surface area (Å²) in [6.07, 6.45) is -0.277. The molecule has 0 aromatic heterocycles. The minimum absolute atomic E-state index is 0.277. The predicted octanol–water partition coefficient (Wildman–Crippen LogP) is 2.33. The van der Waals surface area contributed by atoms with E-state index in [4.69, 9.17) is 14.2 Å². The van der Waals surface area contributed by atoms with E-state index in [1.54, 1.807) is 7.11 Å². The van der Waals surface area contributed by atoms with Gasteiger partial charge in [-0.15, -0.1) is 0 Å². The Bertz CT molecular complexity index is 327. The maximum absolute atomic E-state index is 5.54. The van der Waals surface area contributed by atoms with Crippen LogP contribution in [-0.4, -0.2) is 20.0 Å². The molecule has 1 aliphatic heterocycles. The van der Waals surface area contributed by atoms with Gasteiger partial charge in [-0.3, -0.25) is 0 Å². The lowest BCUT2D eigenvalue weighted by Crippen LogP contribution is -2.20. The Hall–Kier alpha value is -0.580. The molecule has 0 aliphatic carbocycles. The number of fused-ring (bicyclic) bond motifs is 1. The van der Waals surface area contributed by atoms with E-state index in [9.17, 15) is 0 Å². The fourth-order valence-corrected chi connectivity index (χ4v) is 1.73. The van der Waals surface area contributed by atoms with Crippen molar-refractivity contribution in [2.24, 2.45) is 0 Å². The third-order valence-corrected chi connectivity index (χ3v) is 2.58. The van der Waals surface area contributed by atoms with Gasteiger partial charge in [0.15, 0.2) is 6.29 Å². The van der Waals surface area contributed by atoms with Crippen molar-refractivity contribution in [2.75, 3.05) is 13.7 Å². The smallest absolute Gasteiger partial charge is 0.191 e. The predicted molar refractivity (Wildman–Crippen MR) is 55.2 cm³/mol. The molecule has 76 valence electrons. The van der Waals surface area contributed by atoms with E-state index in [-0.39, 0.29) is 6.29 Å². The van der Waals surface area contributed by atoms with E-state index in [1.165, 1.54) is 0 Å². The first kappa shape index (κ1) is 9.96. The van der Waals surface area contributed by atoms with Crippen molar-refractivity contribution < 1.29 is 14.2 Å². The summed E-state index contributed by atoms with van der Waals surface area (Å²) in [7, 11) is 1.61. The topological polar surface area (TPSA) is 27.7 Å². The minimum atomic E-state index is -0.277. The van der Waals surface area contributed by atoms with E-state index < -0.39 is 0 Å². The molecule has 2 rings (SSSR count). The lowest BCUT2D eigenvalue weighted by atomic mass is 10.2. The Morgan fingerprint density at radius 2 is 2.36 bits per heavy atom. The van der Waals surface area contributed by atoms with Crippen LogP contribution < -0.4 is 4.74 Å². The fourth-order valence-electron chi connectivity index (χ4n) is 1.33. The van der Waals surface area contributed by atoms with Crippen LogP contribution >= 0.6 is 15.9 Å². The van der Waals surface area contributed by atoms with Gasteiger partial charge in [0.1, 0.15) is 12.4 Å². The first-order valence-electron chi connectivity index (χ1n) is 4.35. The molecule has 1 aromatic rings. The quantitative estimate of drug-likeness (QED) is 0.774. The Morgan fingerprint density at radius 3 is 3.14 bits per heavy atom. The molecule has 1 atom stereocenters. The van der Waals surface area contributed by atoms with Crippen LogP contribution in [0.1, 0.15) is 5.56 Å². The van der Waals surface area contributed by atoms with E-state index in [1.807, 2.05) is 18.2 Å². The summed E-state index contributed by atoms with van der Waals surface area (Å²) >= 11 is 3.41. The zero-order valence-corrected chi connectivity index (χ0v) is 9.41. The third kappa shape index (κ3) is 2.08. The largest absolute Gasteiger partial charge is 0.488 e. The second-order valence-corrected chi connectivity index (χ2v) is 3.95. The van der Waals surface area contributed by atoms with E-state index >= 15 is 0 Å². The number of ether oxygens (including phenoxy) is 3. The zero-order chi connectivity index (χ0) is 9.97. The highest BCUT2D eigenvalue weighted by Gasteiger charge is 2.16. The first-order valence-corrected chi connectivity index (χ1v) is 5.14. The SMILES string of the molecule is COC1COc2ccc(Br)cc2CO1. The van der Waals surface area contributed by atoms with Crippen molar-refractivity contribution >= 4 is 15.9 Å². The first-order chi connectivity index (χ1) is 6.79. The van der Waals surface area contributed by atoms with Crippen molar-refractivity contribution in [1.29, 1.82) is 0 Å². The summed E-state index contributed by atoms with van der Waals surface area (Å²) in [4.78, 5) is 0. The molecule has 1 heterocycles. The molecule has 1 aliphatic rings. The highest BCUT2D eigenvalue weighted by atomic mass is 79.9. The second-order valence-electron chi connectivity index (χ2n) is 3.04. The molecular weight excluding hydrogens is 248 g/mol. The Morgan fingerprint density at radius 1 is 1.50 bits per heavy atom. The van der Waals surface area contributed by atoms with Crippen LogP contribution in [0.3, 0.4) is 0 Å². The second kappa shape index (κ2) is 4.29. The summed E-state index contributed by atoms with van der Waals surface area (Å²) in [6.45, 7) is 0.957. The third-order valence-electron chi connectivity index (χ3n) is 2.09. The zero-order valence-electron chi connectivity index (χ0n) is 7.83. The van der Waals surface area contributed by atoms with Crippen LogP contribution in [0, 0.1) is 0 Å². The van der Waals surface area contributed by atoms with Gasteiger partial charge in [0, 0.05) is 17.1 Å². The van der Waals surface area contributed by atoms with Crippen molar-refractivity contribution in [3.63, 3.8) is 0 Å². The van der Waals surface area contributed by atoms with Gasteiger partial charge in [0.2, 0.25) is 0 Å². The summed E-state index contributed by atoms with van der Waals surface area (Å²) in [6, 6.07) is 5.88. The number of rotatable bonds is 1. The summed E-state index contributed by atoms with van der Waals surface area (Å²) in [5, 5.41) is 0. The molecule has 3 nitrogen and oxygen atoms in total.